The van der Waals surface area contributed by atoms with E-state index >= 15 is 0 Å². The van der Waals surface area contributed by atoms with Crippen LogP contribution in [0, 0.1) is 6.92 Å². The first-order chi connectivity index (χ1) is 8.16. The molecule has 0 fully saturated rings. The first-order valence-electron chi connectivity index (χ1n) is 5.93. The van der Waals surface area contributed by atoms with Gasteiger partial charge in [0.1, 0.15) is 11.4 Å². The van der Waals surface area contributed by atoms with Crippen LogP contribution in [0.5, 0.6) is 5.75 Å². The molecule has 0 aromatic heterocycles. The second-order valence-electron chi connectivity index (χ2n) is 5.55. The average molecular weight is 269 g/mol. The van der Waals surface area contributed by atoms with Gasteiger partial charge >= 0.3 is 0 Å². The highest BCUT2D eigenvalue weighted by Crippen LogP contribution is 2.40. The van der Waals surface area contributed by atoms with Gasteiger partial charge in [-0.3, -0.25) is 0 Å². The van der Waals surface area contributed by atoms with Crippen molar-refractivity contribution in [1.82, 2.24) is 4.72 Å². The highest BCUT2D eigenvalue weighted by molar-refractivity contribution is 7.88. The van der Waals surface area contributed by atoms with Gasteiger partial charge in [-0.15, -0.1) is 0 Å². The molecule has 1 aliphatic heterocycles. The number of hydrogen-bond donors (Lipinski definition) is 1. The van der Waals surface area contributed by atoms with E-state index < -0.39 is 10.0 Å². The Kier molecular flexibility index (Phi) is 3.15. The molecule has 1 unspecified atom stereocenters. The summed E-state index contributed by atoms with van der Waals surface area (Å²) in [7, 11) is -3.23. The van der Waals surface area contributed by atoms with Crippen LogP contribution in [-0.4, -0.2) is 20.3 Å². The lowest BCUT2D eigenvalue weighted by Gasteiger charge is -2.37. The second-order valence-corrected chi connectivity index (χ2v) is 7.33. The minimum atomic E-state index is -3.23. The number of sulfonamides is 1. The third kappa shape index (κ3) is 3.03. The van der Waals surface area contributed by atoms with Gasteiger partial charge in [0.05, 0.1) is 12.3 Å². The van der Waals surface area contributed by atoms with Crippen LogP contribution in [0.1, 0.15) is 37.4 Å². The lowest BCUT2D eigenvalue weighted by atomic mass is 9.90. The van der Waals surface area contributed by atoms with Crippen molar-refractivity contribution < 1.29 is 13.2 Å². The van der Waals surface area contributed by atoms with E-state index in [4.69, 9.17) is 4.74 Å². The summed E-state index contributed by atoms with van der Waals surface area (Å²) in [5.41, 5.74) is 1.64. The summed E-state index contributed by atoms with van der Waals surface area (Å²) in [6.07, 6.45) is 1.81. The van der Waals surface area contributed by atoms with Gasteiger partial charge in [-0.05, 0) is 32.4 Å². The minimum Gasteiger partial charge on any atom is -0.487 e. The molecule has 0 amide bonds. The maximum Gasteiger partial charge on any atom is 0.209 e. The molecule has 1 N–H and O–H groups in total. The Morgan fingerprint density at radius 1 is 1.39 bits per heavy atom. The molecular formula is C13H19NO3S. The van der Waals surface area contributed by atoms with Crippen LogP contribution in [0.4, 0.5) is 0 Å². The van der Waals surface area contributed by atoms with Crippen LogP contribution >= 0.6 is 0 Å². The molecule has 0 aliphatic carbocycles. The SMILES string of the molecule is Cc1ccc2c(c1)OC(C)(C)CC2NS(C)(=O)=O. The Bertz CT molecular complexity index is 564. The van der Waals surface area contributed by atoms with Crippen molar-refractivity contribution in [2.24, 2.45) is 0 Å². The summed E-state index contributed by atoms with van der Waals surface area (Å²) in [6, 6.07) is 5.63. The Balaban J connectivity index is 2.44. The van der Waals surface area contributed by atoms with Crippen LogP contribution in [-0.2, 0) is 10.0 Å². The molecule has 5 heteroatoms. The van der Waals surface area contributed by atoms with Crippen molar-refractivity contribution in [3.8, 4) is 5.75 Å². The molecular weight excluding hydrogens is 250 g/mol. The number of nitrogens with one attached hydrogen (secondary N) is 1. The van der Waals surface area contributed by atoms with Gasteiger partial charge in [0.25, 0.3) is 0 Å². The van der Waals surface area contributed by atoms with Gasteiger partial charge in [0.2, 0.25) is 10.0 Å². The van der Waals surface area contributed by atoms with E-state index in [1.165, 1.54) is 6.26 Å². The van der Waals surface area contributed by atoms with Crippen molar-refractivity contribution in [3.63, 3.8) is 0 Å². The minimum absolute atomic E-state index is 0.223. The molecule has 0 saturated heterocycles. The predicted molar refractivity (Wildman–Crippen MR) is 71.2 cm³/mol. The quantitative estimate of drug-likeness (QED) is 0.895. The maximum atomic E-state index is 11.4. The van der Waals surface area contributed by atoms with Crippen molar-refractivity contribution >= 4 is 10.0 Å². The zero-order valence-corrected chi connectivity index (χ0v) is 12.0. The van der Waals surface area contributed by atoms with Gasteiger partial charge in [-0.25, -0.2) is 13.1 Å². The van der Waals surface area contributed by atoms with Gasteiger partial charge in [0, 0.05) is 12.0 Å². The lowest BCUT2D eigenvalue weighted by Crippen LogP contribution is -2.41. The number of hydrogen-bond acceptors (Lipinski definition) is 3. The van der Waals surface area contributed by atoms with Crippen molar-refractivity contribution in [3.05, 3.63) is 29.3 Å². The highest BCUT2D eigenvalue weighted by atomic mass is 32.2. The largest absolute Gasteiger partial charge is 0.487 e. The lowest BCUT2D eigenvalue weighted by molar-refractivity contribution is 0.0701. The fourth-order valence-electron chi connectivity index (χ4n) is 2.32. The van der Waals surface area contributed by atoms with Crippen LogP contribution in [0.3, 0.4) is 0 Å². The molecule has 1 heterocycles. The summed E-state index contributed by atoms with van der Waals surface area (Å²) in [5, 5.41) is 0. The molecule has 1 atom stereocenters. The molecule has 2 rings (SSSR count). The number of rotatable bonds is 2. The Morgan fingerprint density at radius 2 is 2.06 bits per heavy atom. The smallest absolute Gasteiger partial charge is 0.209 e. The third-order valence-electron chi connectivity index (χ3n) is 2.98. The van der Waals surface area contributed by atoms with Crippen molar-refractivity contribution in [1.29, 1.82) is 0 Å². The summed E-state index contributed by atoms with van der Waals surface area (Å²) in [4.78, 5) is 0. The van der Waals surface area contributed by atoms with Crippen LogP contribution < -0.4 is 9.46 Å². The summed E-state index contributed by atoms with van der Waals surface area (Å²) >= 11 is 0. The molecule has 0 saturated carbocycles. The Hall–Kier alpha value is -1.07. The van der Waals surface area contributed by atoms with Gasteiger partial charge in [-0.1, -0.05) is 12.1 Å². The van der Waals surface area contributed by atoms with Crippen LogP contribution in [0.25, 0.3) is 0 Å². The van der Waals surface area contributed by atoms with Crippen LogP contribution in [0.15, 0.2) is 18.2 Å². The summed E-state index contributed by atoms with van der Waals surface area (Å²) in [6.45, 7) is 5.93. The standard InChI is InChI=1S/C13H19NO3S/c1-9-5-6-10-11(14-18(4,15)16)8-13(2,3)17-12(10)7-9/h5-7,11,14H,8H2,1-4H3. The molecule has 100 valence electrons. The second kappa shape index (κ2) is 4.24. The zero-order chi connectivity index (χ0) is 13.6. The molecule has 4 nitrogen and oxygen atoms in total. The van der Waals surface area contributed by atoms with Crippen LogP contribution in [0.2, 0.25) is 0 Å². The molecule has 1 aliphatic rings. The van der Waals surface area contributed by atoms with Gasteiger partial charge in [0.15, 0.2) is 0 Å². The predicted octanol–water partition coefficient (Wildman–Crippen LogP) is 2.15. The van der Waals surface area contributed by atoms with E-state index in [-0.39, 0.29) is 11.6 Å². The van der Waals surface area contributed by atoms with E-state index in [1.54, 1.807) is 0 Å². The molecule has 0 spiro atoms. The summed E-state index contributed by atoms with van der Waals surface area (Å²) in [5.74, 6) is 0.771. The Morgan fingerprint density at radius 3 is 2.67 bits per heavy atom. The van der Waals surface area contributed by atoms with E-state index in [1.807, 2.05) is 39.0 Å². The van der Waals surface area contributed by atoms with Crippen molar-refractivity contribution in [2.45, 2.75) is 38.8 Å². The normalized spacial score (nSPS) is 22.1. The summed E-state index contributed by atoms with van der Waals surface area (Å²) < 4.78 is 31.5. The third-order valence-corrected chi connectivity index (χ3v) is 3.70. The average Bonchev–Trinajstić information content (AvgIpc) is 2.11. The number of benzene rings is 1. The Labute approximate surface area is 108 Å². The van der Waals surface area contributed by atoms with E-state index in [9.17, 15) is 8.42 Å². The fourth-order valence-corrected chi connectivity index (χ4v) is 3.05. The van der Waals surface area contributed by atoms with E-state index in [0.29, 0.717) is 6.42 Å². The fraction of sp³-hybridized carbons (Fsp3) is 0.538. The topological polar surface area (TPSA) is 55.4 Å². The molecule has 0 radical (unpaired) electrons. The molecule has 1 aromatic carbocycles. The number of ether oxygens (including phenoxy) is 1. The van der Waals surface area contributed by atoms with E-state index in [0.717, 1.165) is 16.9 Å². The van der Waals surface area contributed by atoms with Gasteiger partial charge in [-0.2, -0.15) is 0 Å². The molecule has 1 aromatic rings. The number of fused-ring (bicyclic) bond motifs is 1. The monoisotopic (exact) mass is 269 g/mol. The first-order valence-corrected chi connectivity index (χ1v) is 7.82. The highest BCUT2D eigenvalue weighted by Gasteiger charge is 2.34. The van der Waals surface area contributed by atoms with E-state index in [2.05, 4.69) is 4.72 Å². The number of aryl methyl sites for hydroxylation is 1. The molecule has 18 heavy (non-hydrogen) atoms. The van der Waals surface area contributed by atoms with Gasteiger partial charge < -0.3 is 4.74 Å². The molecule has 0 bridgehead atoms. The first kappa shape index (κ1) is 13.4. The van der Waals surface area contributed by atoms with Crippen molar-refractivity contribution in [2.75, 3.05) is 6.26 Å². The maximum absolute atomic E-state index is 11.4. The zero-order valence-electron chi connectivity index (χ0n) is 11.1.